The Morgan fingerprint density at radius 2 is 2.33 bits per heavy atom. The average molecular weight is 247 g/mol. The predicted molar refractivity (Wildman–Crippen MR) is 54.5 cm³/mol. The van der Waals surface area contributed by atoms with Gasteiger partial charge in [-0.25, -0.2) is 4.98 Å². The Labute approximate surface area is 84.3 Å². The summed E-state index contributed by atoms with van der Waals surface area (Å²) in [6, 6.07) is 0. The van der Waals surface area contributed by atoms with Crippen LogP contribution in [0.3, 0.4) is 0 Å². The van der Waals surface area contributed by atoms with Crippen molar-refractivity contribution in [2.75, 3.05) is 6.54 Å². The third-order valence-electron chi connectivity index (χ3n) is 1.98. The molecule has 1 saturated carbocycles. The van der Waals surface area contributed by atoms with Gasteiger partial charge < -0.3 is 5.73 Å². The highest BCUT2D eigenvalue weighted by Crippen LogP contribution is 2.44. The van der Waals surface area contributed by atoms with Crippen molar-refractivity contribution in [3.05, 3.63) is 14.5 Å². The lowest BCUT2D eigenvalue weighted by molar-refractivity contribution is 0.925. The van der Waals surface area contributed by atoms with Crippen LogP contribution < -0.4 is 5.73 Å². The van der Waals surface area contributed by atoms with Crippen LogP contribution in [0.25, 0.3) is 0 Å². The van der Waals surface area contributed by atoms with Crippen molar-refractivity contribution in [1.29, 1.82) is 0 Å². The summed E-state index contributed by atoms with van der Waals surface area (Å²) in [6.07, 6.45) is 3.53. The maximum atomic E-state index is 5.46. The van der Waals surface area contributed by atoms with Crippen molar-refractivity contribution < 1.29 is 0 Å². The minimum absolute atomic E-state index is 0.698. The molecule has 0 bridgehead atoms. The van der Waals surface area contributed by atoms with E-state index in [0.29, 0.717) is 6.54 Å². The molecule has 1 fully saturated rings. The van der Waals surface area contributed by atoms with E-state index in [4.69, 9.17) is 5.73 Å². The van der Waals surface area contributed by atoms with Crippen LogP contribution in [0.2, 0.25) is 0 Å². The summed E-state index contributed by atoms with van der Waals surface area (Å²) in [7, 11) is 0. The Hall–Kier alpha value is 0.0700. The zero-order valence-corrected chi connectivity index (χ0v) is 9.12. The number of aromatic nitrogens is 1. The molecule has 2 N–H and O–H groups in total. The topological polar surface area (TPSA) is 38.9 Å². The number of nitrogens with two attached hydrogens (primary N) is 1. The predicted octanol–water partition coefficient (Wildman–Crippen LogP) is 2.28. The molecule has 0 saturated heterocycles. The van der Waals surface area contributed by atoms with E-state index in [2.05, 4.69) is 20.9 Å². The van der Waals surface area contributed by atoms with Crippen molar-refractivity contribution in [2.24, 2.45) is 5.73 Å². The molecule has 66 valence electrons. The fourth-order valence-corrected chi connectivity index (χ4v) is 3.06. The highest BCUT2D eigenvalue weighted by Gasteiger charge is 2.28. The van der Waals surface area contributed by atoms with Crippen LogP contribution in [0.5, 0.6) is 0 Å². The third kappa shape index (κ3) is 1.70. The Morgan fingerprint density at radius 3 is 2.92 bits per heavy atom. The Morgan fingerprint density at radius 1 is 1.58 bits per heavy atom. The second kappa shape index (κ2) is 3.44. The van der Waals surface area contributed by atoms with Crippen molar-refractivity contribution in [3.63, 3.8) is 0 Å². The molecule has 0 aliphatic heterocycles. The lowest BCUT2D eigenvalue weighted by Crippen LogP contribution is -2.02. The molecule has 0 amide bonds. The largest absolute Gasteiger partial charge is 0.330 e. The van der Waals surface area contributed by atoms with Crippen LogP contribution in [0.15, 0.2) is 3.79 Å². The number of hydrogen-bond acceptors (Lipinski definition) is 3. The molecule has 1 aliphatic carbocycles. The van der Waals surface area contributed by atoms with Crippen LogP contribution in [0.4, 0.5) is 0 Å². The summed E-state index contributed by atoms with van der Waals surface area (Å²) >= 11 is 5.28. The Kier molecular flexibility index (Phi) is 2.48. The zero-order valence-electron chi connectivity index (χ0n) is 6.72. The van der Waals surface area contributed by atoms with Gasteiger partial charge in [-0.05, 0) is 35.3 Å². The zero-order chi connectivity index (χ0) is 8.55. The highest BCUT2D eigenvalue weighted by molar-refractivity contribution is 9.11. The van der Waals surface area contributed by atoms with Crippen molar-refractivity contribution in [3.8, 4) is 0 Å². The molecule has 0 unspecified atom stereocenters. The normalized spacial score (nSPS) is 16.8. The van der Waals surface area contributed by atoms with Crippen molar-refractivity contribution in [2.45, 2.75) is 25.2 Å². The van der Waals surface area contributed by atoms with Crippen LogP contribution in [-0.2, 0) is 6.42 Å². The SMILES string of the molecule is NCCc1nc(C2CC2)c(Br)s1. The number of halogens is 1. The van der Waals surface area contributed by atoms with Crippen molar-refractivity contribution >= 4 is 27.3 Å². The van der Waals surface area contributed by atoms with E-state index in [-0.39, 0.29) is 0 Å². The van der Waals surface area contributed by atoms with Crippen LogP contribution in [0, 0.1) is 0 Å². The van der Waals surface area contributed by atoms with Gasteiger partial charge in [0.2, 0.25) is 0 Å². The minimum Gasteiger partial charge on any atom is -0.330 e. The lowest BCUT2D eigenvalue weighted by atomic mass is 10.3. The average Bonchev–Trinajstić information content (AvgIpc) is 2.79. The highest BCUT2D eigenvalue weighted by atomic mass is 79.9. The summed E-state index contributed by atoms with van der Waals surface area (Å²) in [5.41, 5.74) is 6.73. The van der Waals surface area contributed by atoms with Gasteiger partial charge in [0.25, 0.3) is 0 Å². The maximum Gasteiger partial charge on any atom is 0.0952 e. The monoisotopic (exact) mass is 246 g/mol. The fraction of sp³-hybridized carbons (Fsp3) is 0.625. The van der Waals surface area contributed by atoms with Crippen LogP contribution in [-0.4, -0.2) is 11.5 Å². The molecule has 1 heterocycles. The van der Waals surface area contributed by atoms with Gasteiger partial charge in [0, 0.05) is 12.3 Å². The van der Waals surface area contributed by atoms with Crippen LogP contribution >= 0.6 is 27.3 Å². The van der Waals surface area contributed by atoms with Gasteiger partial charge in [0.1, 0.15) is 0 Å². The first-order chi connectivity index (χ1) is 5.81. The van der Waals surface area contributed by atoms with E-state index < -0.39 is 0 Å². The molecular formula is C8H11BrN2S. The molecule has 12 heavy (non-hydrogen) atoms. The third-order valence-corrected chi connectivity index (χ3v) is 3.79. The summed E-state index contributed by atoms with van der Waals surface area (Å²) in [5.74, 6) is 0.738. The van der Waals surface area contributed by atoms with Gasteiger partial charge in [-0.15, -0.1) is 11.3 Å². The quantitative estimate of drug-likeness (QED) is 0.889. The first-order valence-electron chi connectivity index (χ1n) is 4.16. The van der Waals surface area contributed by atoms with Gasteiger partial charge in [-0.2, -0.15) is 0 Å². The van der Waals surface area contributed by atoms with Gasteiger partial charge in [0.15, 0.2) is 0 Å². The summed E-state index contributed by atoms with van der Waals surface area (Å²) in [6.45, 7) is 0.698. The summed E-state index contributed by atoms with van der Waals surface area (Å²) in [4.78, 5) is 4.55. The standard InChI is InChI=1S/C8H11BrN2S/c9-8-7(5-1-2-5)11-6(12-8)3-4-10/h5H,1-4,10H2. The van der Waals surface area contributed by atoms with Crippen molar-refractivity contribution in [1.82, 2.24) is 4.98 Å². The van der Waals surface area contributed by atoms with Gasteiger partial charge in [-0.3, -0.25) is 0 Å². The van der Waals surface area contributed by atoms with E-state index in [1.54, 1.807) is 11.3 Å². The fourth-order valence-electron chi connectivity index (χ4n) is 1.20. The molecule has 4 heteroatoms. The van der Waals surface area contributed by atoms with E-state index in [1.165, 1.54) is 27.3 Å². The minimum atomic E-state index is 0.698. The molecule has 0 spiro atoms. The van der Waals surface area contributed by atoms with E-state index in [0.717, 1.165) is 12.3 Å². The smallest absolute Gasteiger partial charge is 0.0952 e. The molecule has 0 aromatic carbocycles. The second-order valence-electron chi connectivity index (χ2n) is 3.08. The second-order valence-corrected chi connectivity index (χ2v) is 5.48. The number of nitrogens with zero attached hydrogens (tertiary/aromatic N) is 1. The summed E-state index contributed by atoms with van der Waals surface area (Å²) < 4.78 is 1.22. The van der Waals surface area contributed by atoms with E-state index in [9.17, 15) is 0 Å². The van der Waals surface area contributed by atoms with E-state index >= 15 is 0 Å². The number of rotatable bonds is 3. The molecular weight excluding hydrogens is 236 g/mol. The number of thiazole rings is 1. The molecule has 2 rings (SSSR count). The number of hydrogen-bond donors (Lipinski definition) is 1. The summed E-state index contributed by atoms with van der Waals surface area (Å²) in [5, 5.41) is 1.17. The van der Waals surface area contributed by atoms with Crippen LogP contribution in [0.1, 0.15) is 29.5 Å². The molecule has 1 aromatic rings. The van der Waals surface area contributed by atoms with Gasteiger partial charge in [0.05, 0.1) is 14.5 Å². The lowest BCUT2D eigenvalue weighted by Gasteiger charge is -1.89. The Bertz CT molecular complexity index is 281. The molecule has 0 radical (unpaired) electrons. The molecule has 2 nitrogen and oxygen atoms in total. The molecule has 1 aliphatic rings. The molecule has 1 aromatic heterocycles. The van der Waals surface area contributed by atoms with E-state index in [1.807, 2.05) is 0 Å². The van der Waals surface area contributed by atoms with Gasteiger partial charge in [-0.1, -0.05) is 0 Å². The Balaban J connectivity index is 2.18. The van der Waals surface area contributed by atoms with Gasteiger partial charge >= 0.3 is 0 Å². The first kappa shape index (κ1) is 8.66. The first-order valence-corrected chi connectivity index (χ1v) is 5.77. The molecule has 0 atom stereocenters. The maximum absolute atomic E-state index is 5.46.